The van der Waals surface area contributed by atoms with E-state index in [1.165, 1.54) is 0 Å². The molecule has 1 rings (SSSR count). The Hall–Kier alpha value is -0.960. The Morgan fingerprint density at radius 3 is 2.55 bits per heavy atom. The Kier molecular flexibility index (Phi) is 7.75. The number of amides is 1. The van der Waals surface area contributed by atoms with Crippen LogP contribution in [0.25, 0.3) is 0 Å². The monoisotopic (exact) mass is 297 g/mol. The first-order valence-electron chi connectivity index (χ1n) is 6.95. The maximum Gasteiger partial charge on any atom is 0.235 e. The molecule has 112 valence electrons. The Bertz CT molecular complexity index is 375. The third-order valence-corrected chi connectivity index (χ3v) is 5.02. The molecule has 1 atom stereocenters. The van der Waals surface area contributed by atoms with Crippen molar-refractivity contribution in [1.82, 2.24) is 4.90 Å². The summed E-state index contributed by atoms with van der Waals surface area (Å²) in [5.41, 5.74) is 0.853. The molecule has 20 heavy (non-hydrogen) atoms. The summed E-state index contributed by atoms with van der Waals surface area (Å²) in [5.74, 6) is 0.120. The fraction of sp³-hybridized carbons (Fsp3) is 0.533. The molecule has 1 amide bonds. The summed E-state index contributed by atoms with van der Waals surface area (Å²) in [7, 11) is -1.12. The Morgan fingerprint density at radius 1 is 1.40 bits per heavy atom. The highest BCUT2D eigenvalue weighted by Gasteiger charge is 2.39. The molecule has 0 saturated carbocycles. The SMILES string of the molecule is C=C/C=C(\C=C)CN1CCC(P(OCC)OCC)C1=O. The van der Waals surface area contributed by atoms with Gasteiger partial charge in [0.25, 0.3) is 0 Å². The average molecular weight is 297 g/mol. The van der Waals surface area contributed by atoms with Crippen molar-refractivity contribution >= 4 is 14.3 Å². The summed E-state index contributed by atoms with van der Waals surface area (Å²) < 4.78 is 11.2. The third kappa shape index (κ3) is 4.55. The third-order valence-electron chi connectivity index (χ3n) is 3.00. The van der Waals surface area contributed by atoms with Crippen LogP contribution >= 0.6 is 8.38 Å². The molecule has 1 fully saturated rings. The lowest BCUT2D eigenvalue weighted by molar-refractivity contribution is -0.127. The van der Waals surface area contributed by atoms with E-state index in [0.717, 1.165) is 18.5 Å². The molecular weight excluding hydrogens is 273 g/mol. The molecule has 0 spiro atoms. The lowest BCUT2D eigenvalue weighted by Crippen LogP contribution is -2.30. The van der Waals surface area contributed by atoms with Gasteiger partial charge in [-0.1, -0.05) is 31.4 Å². The minimum absolute atomic E-state index is 0.120. The number of carbonyl (C=O) groups is 1. The molecule has 0 aromatic rings. The van der Waals surface area contributed by atoms with Crippen LogP contribution in [-0.4, -0.2) is 42.8 Å². The van der Waals surface area contributed by atoms with Crippen molar-refractivity contribution in [2.75, 3.05) is 26.3 Å². The summed E-state index contributed by atoms with van der Waals surface area (Å²) in [6.45, 7) is 13.7. The lowest BCUT2D eigenvalue weighted by atomic mass is 10.2. The minimum atomic E-state index is -1.12. The molecule has 4 nitrogen and oxygen atoms in total. The van der Waals surface area contributed by atoms with Crippen LogP contribution < -0.4 is 0 Å². The van der Waals surface area contributed by atoms with Gasteiger partial charge in [-0.3, -0.25) is 4.79 Å². The van der Waals surface area contributed by atoms with Crippen molar-refractivity contribution < 1.29 is 13.8 Å². The molecule has 1 aliphatic heterocycles. The van der Waals surface area contributed by atoms with Crippen LogP contribution in [0.5, 0.6) is 0 Å². The molecule has 0 N–H and O–H groups in total. The topological polar surface area (TPSA) is 38.8 Å². The Balaban J connectivity index is 2.68. The van der Waals surface area contributed by atoms with Gasteiger partial charge in [0.2, 0.25) is 5.91 Å². The van der Waals surface area contributed by atoms with Crippen molar-refractivity contribution in [3.8, 4) is 0 Å². The van der Waals surface area contributed by atoms with Crippen molar-refractivity contribution in [3.63, 3.8) is 0 Å². The average Bonchev–Trinajstić information content (AvgIpc) is 2.79. The molecule has 0 aromatic heterocycles. The molecule has 0 radical (unpaired) electrons. The van der Waals surface area contributed by atoms with Gasteiger partial charge in [-0.2, -0.15) is 0 Å². The highest BCUT2D eigenvalue weighted by atomic mass is 31.2. The molecule has 0 bridgehead atoms. The second-order valence-corrected chi connectivity index (χ2v) is 6.08. The molecule has 5 heteroatoms. The van der Waals surface area contributed by atoms with Crippen LogP contribution in [0, 0.1) is 0 Å². The van der Waals surface area contributed by atoms with Gasteiger partial charge < -0.3 is 13.9 Å². The van der Waals surface area contributed by atoms with Gasteiger partial charge in [0.05, 0.1) is 13.2 Å². The van der Waals surface area contributed by atoms with Gasteiger partial charge in [-0.05, 0) is 25.8 Å². The molecular formula is C15H24NO3P. The summed E-state index contributed by atoms with van der Waals surface area (Å²) in [6, 6.07) is 0. The van der Waals surface area contributed by atoms with Crippen molar-refractivity contribution in [2.24, 2.45) is 0 Å². The summed E-state index contributed by atoms with van der Waals surface area (Å²) in [4.78, 5) is 14.3. The van der Waals surface area contributed by atoms with E-state index in [0.29, 0.717) is 19.8 Å². The fourth-order valence-corrected chi connectivity index (χ4v) is 3.72. The lowest BCUT2D eigenvalue weighted by Gasteiger charge is -2.22. The van der Waals surface area contributed by atoms with Crippen molar-refractivity contribution in [2.45, 2.75) is 25.9 Å². The molecule has 1 saturated heterocycles. The first kappa shape index (κ1) is 17.1. The fourth-order valence-electron chi connectivity index (χ4n) is 2.10. The number of nitrogens with zero attached hydrogens (tertiary/aromatic N) is 1. The van der Waals surface area contributed by atoms with Crippen LogP contribution in [0.15, 0.2) is 37.0 Å². The second-order valence-electron chi connectivity index (χ2n) is 4.37. The zero-order valence-corrected chi connectivity index (χ0v) is 13.3. The molecule has 1 aliphatic rings. The first-order chi connectivity index (χ1) is 9.67. The highest BCUT2D eigenvalue weighted by molar-refractivity contribution is 7.49. The maximum atomic E-state index is 12.4. The van der Waals surface area contributed by atoms with E-state index in [2.05, 4.69) is 13.2 Å². The predicted octanol–water partition coefficient (Wildman–Crippen LogP) is 3.27. The second kappa shape index (κ2) is 9.06. The van der Waals surface area contributed by atoms with Gasteiger partial charge in [0.1, 0.15) is 5.66 Å². The van der Waals surface area contributed by atoms with Gasteiger partial charge in [0.15, 0.2) is 8.38 Å². The normalized spacial score (nSPS) is 19.8. The van der Waals surface area contributed by atoms with Gasteiger partial charge >= 0.3 is 0 Å². The summed E-state index contributed by atoms with van der Waals surface area (Å²) >= 11 is 0. The quantitative estimate of drug-likeness (QED) is 0.484. The minimum Gasteiger partial charge on any atom is -0.338 e. The highest BCUT2D eigenvalue weighted by Crippen LogP contribution is 2.48. The molecule has 0 aromatic carbocycles. The number of hydrogen-bond acceptors (Lipinski definition) is 3. The first-order valence-corrected chi connectivity index (χ1v) is 8.20. The van der Waals surface area contributed by atoms with Crippen molar-refractivity contribution in [1.29, 1.82) is 0 Å². The number of hydrogen-bond donors (Lipinski definition) is 0. The largest absolute Gasteiger partial charge is 0.338 e. The summed E-state index contributed by atoms with van der Waals surface area (Å²) in [5, 5.41) is 0. The van der Waals surface area contributed by atoms with Gasteiger partial charge in [0, 0.05) is 13.1 Å². The Morgan fingerprint density at radius 2 is 2.05 bits per heavy atom. The van der Waals surface area contributed by atoms with E-state index in [1.54, 1.807) is 12.2 Å². The summed E-state index contributed by atoms with van der Waals surface area (Å²) in [6.07, 6.45) is 6.14. The van der Waals surface area contributed by atoms with Crippen LogP contribution in [-0.2, 0) is 13.8 Å². The molecule has 1 unspecified atom stereocenters. The standard InChI is InChI=1S/C15H24NO3P/c1-5-9-13(6-2)12-16-11-10-14(15(16)17)20(18-7-3)19-8-4/h5-6,9,14H,1-2,7-8,10-12H2,3-4H3/b13-9+. The van der Waals surface area contributed by atoms with E-state index in [9.17, 15) is 4.79 Å². The zero-order chi connectivity index (χ0) is 15.0. The maximum absolute atomic E-state index is 12.4. The number of carbonyl (C=O) groups excluding carboxylic acids is 1. The molecule has 1 heterocycles. The smallest absolute Gasteiger partial charge is 0.235 e. The van der Waals surface area contributed by atoms with E-state index in [-0.39, 0.29) is 11.6 Å². The Labute approximate surface area is 123 Å². The van der Waals surface area contributed by atoms with E-state index in [4.69, 9.17) is 9.05 Å². The zero-order valence-electron chi connectivity index (χ0n) is 12.4. The van der Waals surface area contributed by atoms with Crippen LogP contribution in [0.2, 0.25) is 0 Å². The number of allylic oxidation sites excluding steroid dienone is 2. The number of likely N-dealkylation sites (tertiary alicyclic amines) is 1. The van der Waals surface area contributed by atoms with E-state index in [1.807, 2.05) is 24.8 Å². The van der Waals surface area contributed by atoms with E-state index >= 15 is 0 Å². The van der Waals surface area contributed by atoms with Gasteiger partial charge in [-0.25, -0.2) is 0 Å². The molecule has 0 aliphatic carbocycles. The van der Waals surface area contributed by atoms with Crippen LogP contribution in [0.1, 0.15) is 20.3 Å². The van der Waals surface area contributed by atoms with Gasteiger partial charge in [-0.15, -0.1) is 0 Å². The number of rotatable bonds is 9. The van der Waals surface area contributed by atoms with E-state index < -0.39 is 8.38 Å². The predicted molar refractivity (Wildman–Crippen MR) is 83.6 cm³/mol. The van der Waals surface area contributed by atoms with Crippen molar-refractivity contribution in [3.05, 3.63) is 37.0 Å². The van der Waals surface area contributed by atoms with Crippen LogP contribution in [0.4, 0.5) is 0 Å². The van der Waals surface area contributed by atoms with Crippen LogP contribution in [0.3, 0.4) is 0 Å².